The van der Waals surface area contributed by atoms with E-state index in [-0.39, 0.29) is 28.1 Å². The number of para-hydroxylation sites is 2. The highest BCUT2D eigenvalue weighted by atomic mass is 16.6. The van der Waals surface area contributed by atoms with Crippen molar-refractivity contribution in [2.24, 2.45) is 0 Å². The molecular weight excluding hydrogens is 338 g/mol. The predicted octanol–water partition coefficient (Wildman–Crippen LogP) is 4.03. The number of fused-ring (bicyclic) bond motifs is 1. The van der Waals surface area contributed by atoms with Crippen molar-refractivity contribution in [1.29, 1.82) is 0 Å². The van der Waals surface area contributed by atoms with Crippen LogP contribution in [0.25, 0.3) is 22.3 Å². The molecule has 7 heteroatoms. The molecule has 0 saturated carbocycles. The van der Waals surface area contributed by atoms with Crippen molar-refractivity contribution in [3.8, 4) is 22.8 Å². The summed E-state index contributed by atoms with van der Waals surface area (Å²) in [6.07, 6.45) is 1.50. The number of hydrogen-bond donors (Lipinski definition) is 1. The van der Waals surface area contributed by atoms with Gasteiger partial charge in [-0.2, -0.15) is 0 Å². The van der Waals surface area contributed by atoms with E-state index < -0.39 is 16.1 Å². The van der Waals surface area contributed by atoms with Crippen LogP contribution in [0.5, 0.6) is 11.5 Å². The second-order valence-corrected chi connectivity index (χ2v) is 5.77. The van der Waals surface area contributed by atoms with E-state index in [1.54, 1.807) is 12.1 Å². The van der Waals surface area contributed by atoms with E-state index in [4.69, 9.17) is 9.15 Å². The van der Waals surface area contributed by atoms with Crippen molar-refractivity contribution >= 4 is 16.7 Å². The van der Waals surface area contributed by atoms with Gasteiger partial charge in [0.1, 0.15) is 11.1 Å². The Hall–Kier alpha value is -3.35. The minimum atomic E-state index is -0.664. The number of rotatable bonds is 5. The smallest absolute Gasteiger partial charge is 0.321 e. The zero-order valence-electron chi connectivity index (χ0n) is 14.3. The number of aryl methyl sites for hydroxylation is 1. The van der Waals surface area contributed by atoms with Crippen molar-refractivity contribution in [3.05, 3.63) is 62.3 Å². The Morgan fingerprint density at radius 1 is 1.23 bits per heavy atom. The third-order valence-corrected chi connectivity index (χ3v) is 4.14. The van der Waals surface area contributed by atoms with E-state index in [0.29, 0.717) is 12.0 Å². The maximum absolute atomic E-state index is 12.6. The molecule has 0 spiro atoms. The lowest BCUT2D eigenvalue weighted by Crippen LogP contribution is -2.05. The van der Waals surface area contributed by atoms with Crippen LogP contribution in [-0.4, -0.2) is 17.1 Å². The van der Waals surface area contributed by atoms with E-state index >= 15 is 0 Å². The lowest BCUT2D eigenvalue weighted by Gasteiger charge is -2.10. The third-order valence-electron chi connectivity index (χ3n) is 4.14. The lowest BCUT2D eigenvalue weighted by atomic mass is 10.0. The summed E-state index contributed by atoms with van der Waals surface area (Å²) in [5.74, 6) is -0.893. The maximum Gasteiger partial charge on any atom is 0.321 e. The number of aromatic hydroxyl groups is 1. The number of methoxy groups -OCH3 is 1. The molecular formula is C19H17NO6. The molecule has 0 amide bonds. The molecule has 0 atom stereocenters. The van der Waals surface area contributed by atoms with Crippen molar-refractivity contribution < 1.29 is 19.2 Å². The number of nitro groups is 1. The summed E-state index contributed by atoms with van der Waals surface area (Å²) in [6, 6.07) is 9.48. The Kier molecular flexibility index (Phi) is 4.62. The van der Waals surface area contributed by atoms with Crippen LogP contribution >= 0.6 is 0 Å². The van der Waals surface area contributed by atoms with Gasteiger partial charge in [0.2, 0.25) is 11.2 Å². The van der Waals surface area contributed by atoms with Crippen LogP contribution < -0.4 is 10.2 Å². The largest absolute Gasteiger partial charge is 0.502 e. The number of nitrogens with zero attached hydrogens (tertiary/aromatic N) is 1. The Morgan fingerprint density at radius 2 is 1.96 bits per heavy atom. The zero-order chi connectivity index (χ0) is 18.8. The second-order valence-electron chi connectivity index (χ2n) is 5.77. The fourth-order valence-corrected chi connectivity index (χ4v) is 2.97. The third kappa shape index (κ3) is 2.77. The minimum Gasteiger partial charge on any atom is -0.502 e. The highest BCUT2D eigenvalue weighted by Crippen LogP contribution is 2.41. The Balaban J connectivity index is 2.40. The molecule has 0 aliphatic heterocycles. The molecule has 0 aliphatic carbocycles. The molecule has 0 fully saturated rings. The highest BCUT2D eigenvalue weighted by Gasteiger charge is 2.27. The van der Waals surface area contributed by atoms with Gasteiger partial charge in [0.05, 0.1) is 17.4 Å². The molecule has 134 valence electrons. The number of ether oxygens (including phenoxy) is 1. The van der Waals surface area contributed by atoms with Gasteiger partial charge in [0.25, 0.3) is 0 Å². The predicted molar refractivity (Wildman–Crippen MR) is 96.8 cm³/mol. The molecule has 3 aromatic rings. The summed E-state index contributed by atoms with van der Waals surface area (Å²) in [5.41, 5.74) is 0.104. The topological polar surface area (TPSA) is 103 Å². The number of nitro benzene ring substituents is 1. The van der Waals surface area contributed by atoms with Crippen molar-refractivity contribution in [3.63, 3.8) is 0 Å². The molecule has 1 aromatic heterocycles. The van der Waals surface area contributed by atoms with Gasteiger partial charge in [-0.05, 0) is 30.2 Å². The van der Waals surface area contributed by atoms with Gasteiger partial charge in [0, 0.05) is 0 Å². The van der Waals surface area contributed by atoms with Gasteiger partial charge in [-0.1, -0.05) is 31.5 Å². The van der Waals surface area contributed by atoms with Crippen molar-refractivity contribution in [1.82, 2.24) is 0 Å². The van der Waals surface area contributed by atoms with E-state index in [0.717, 1.165) is 12.0 Å². The number of hydrogen-bond acceptors (Lipinski definition) is 6. The molecule has 1 N–H and O–H groups in total. The van der Waals surface area contributed by atoms with Gasteiger partial charge in [0.15, 0.2) is 11.5 Å². The first-order valence-electron chi connectivity index (χ1n) is 8.09. The van der Waals surface area contributed by atoms with Crippen LogP contribution in [0.15, 0.2) is 45.6 Å². The lowest BCUT2D eigenvalue weighted by molar-refractivity contribution is -0.385. The van der Waals surface area contributed by atoms with Crippen LogP contribution in [0.3, 0.4) is 0 Å². The summed E-state index contributed by atoms with van der Waals surface area (Å²) in [5, 5.41) is 22.1. The Labute approximate surface area is 148 Å². The molecule has 0 bridgehead atoms. The summed E-state index contributed by atoms with van der Waals surface area (Å²) in [4.78, 5) is 23.5. The standard InChI is InChI=1S/C19H17NO6/c1-3-6-11-7-4-9-13-16(21)17(22)19(26-18(11)13)12-8-5-10-14(25-2)15(12)20(23)24/h4-5,7-10,22H,3,6H2,1-2H3. The van der Waals surface area contributed by atoms with Gasteiger partial charge in [-0.25, -0.2) is 0 Å². The van der Waals surface area contributed by atoms with Crippen LogP contribution in [0.1, 0.15) is 18.9 Å². The maximum atomic E-state index is 12.6. The van der Waals surface area contributed by atoms with Crippen LogP contribution in [0.2, 0.25) is 0 Å². The summed E-state index contributed by atoms with van der Waals surface area (Å²) >= 11 is 0. The van der Waals surface area contributed by atoms with Gasteiger partial charge in [-0.3, -0.25) is 14.9 Å². The molecule has 2 aromatic carbocycles. The quantitative estimate of drug-likeness (QED) is 0.547. The normalized spacial score (nSPS) is 10.8. The van der Waals surface area contributed by atoms with E-state index in [1.807, 2.05) is 13.0 Å². The first-order chi connectivity index (χ1) is 12.5. The van der Waals surface area contributed by atoms with E-state index in [2.05, 4.69) is 0 Å². The molecule has 0 saturated heterocycles. The first kappa shape index (κ1) is 17.5. The van der Waals surface area contributed by atoms with Gasteiger partial charge < -0.3 is 14.3 Å². The van der Waals surface area contributed by atoms with Crippen LogP contribution in [-0.2, 0) is 6.42 Å². The summed E-state index contributed by atoms with van der Waals surface area (Å²) < 4.78 is 10.9. The monoisotopic (exact) mass is 355 g/mol. The molecule has 26 heavy (non-hydrogen) atoms. The first-order valence-corrected chi connectivity index (χ1v) is 8.09. The second kappa shape index (κ2) is 6.87. The Morgan fingerprint density at radius 3 is 2.62 bits per heavy atom. The van der Waals surface area contributed by atoms with E-state index in [9.17, 15) is 20.0 Å². The van der Waals surface area contributed by atoms with Crippen LogP contribution in [0, 0.1) is 10.1 Å². The fraction of sp³-hybridized carbons (Fsp3) is 0.211. The molecule has 7 nitrogen and oxygen atoms in total. The van der Waals surface area contributed by atoms with Crippen molar-refractivity contribution in [2.45, 2.75) is 19.8 Å². The molecule has 0 unspecified atom stereocenters. The average molecular weight is 355 g/mol. The molecule has 0 radical (unpaired) electrons. The SMILES string of the molecule is CCCc1cccc2c(=O)c(O)c(-c3cccc(OC)c3[N+](=O)[O-])oc12. The molecule has 0 aliphatic rings. The summed E-state index contributed by atoms with van der Waals surface area (Å²) in [6.45, 7) is 1.99. The zero-order valence-corrected chi connectivity index (χ0v) is 14.3. The Bertz CT molecular complexity index is 1050. The molecule has 3 rings (SSSR count). The van der Waals surface area contributed by atoms with E-state index in [1.165, 1.54) is 25.3 Å². The van der Waals surface area contributed by atoms with Gasteiger partial charge >= 0.3 is 5.69 Å². The average Bonchev–Trinajstić information content (AvgIpc) is 2.64. The minimum absolute atomic E-state index is 0.0106. The van der Waals surface area contributed by atoms with Gasteiger partial charge in [-0.15, -0.1) is 0 Å². The highest BCUT2D eigenvalue weighted by molar-refractivity contribution is 5.86. The van der Waals surface area contributed by atoms with Crippen molar-refractivity contribution in [2.75, 3.05) is 7.11 Å². The number of benzene rings is 2. The van der Waals surface area contributed by atoms with Crippen LogP contribution in [0.4, 0.5) is 5.69 Å². The summed E-state index contributed by atoms with van der Waals surface area (Å²) in [7, 11) is 1.31. The fourth-order valence-electron chi connectivity index (χ4n) is 2.97. The molecule has 1 heterocycles.